The van der Waals surface area contributed by atoms with E-state index in [2.05, 4.69) is 5.32 Å². The van der Waals surface area contributed by atoms with Gasteiger partial charge in [0.05, 0.1) is 0 Å². The van der Waals surface area contributed by atoms with E-state index >= 15 is 0 Å². The number of nitrogens with one attached hydrogen (secondary N) is 1. The zero-order valence-corrected chi connectivity index (χ0v) is 22.4. The minimum atomic E-state index is -0.725. The minimum Gasteiger partial charge on any atom is -0.483 e. The molecule has 5 nitrogen and oxygen atoms in total. The second-order valence-electron chi connectivity index (χ2n) is 10.2. The van der Waals surface area contributed by atoms with Crippen molar-refractivity contribution in [2.75, 3.05) is 6.61 Å². The molecule has 2 amide bonds. The van der Waals surface area contributed by atoms with Gasteiger partial charge in [-0.05, 0) is 75.1 Å². The molecule has 0 aliphatic heterocycles. The Kier molecular flexibility index (Phi) is 9.16. The summed E-state index contributed by atoms with van der Waals surface area (Å²) in [7, 11) is 0. The number of rotatable bonds is 9. The van der Waals surface area contributed by atoms with Crippen LogP contribution in [0.2, 0.25) is 5.02 Å². The number of carbonyl (C=O) groups excluding carboxylic acids is 2. The largest absolute Gasteiger partial charge is 0.483 e. The highest BCUT2D eigenvalue weighted by atomic mass is 35.5. The van der Waals surface area contributed by atoms with E-state index in [1.54, 1.807) is 17.0 Å². The van der Waals surface area contributed by atoms with Crippen LogP contribution in [0, 0.1) is 13.8 Å². The predicted octanol–water partition coefficient (Wildman–Crippen LogP) is 5.89. The van der Waals surface area contributed by atoms with Gasteiger partial charge in [0.2, 0.25) is 5.91 Å². The molecule has 0 saturated heterocycles. The number of amides is 2. The molecule has 36 heavy (non-hydrogen) atoms. The molecule has 0 saturated carbocycles. The average molecular weight is 507 g/mol. The molecule has 0 fully saturated rings. The summed E-state index contributed by atoms with van der Waals surface area (Å²) in [6.45, 7) is 9.79. The van der Waals surface area contributed by atoms with Crippen molar-refractivity contribution in [3.05, 3.63) is 100 Å². The lowest BCUT2D eigenvalue weighted by atomic mass is 10.0. The van der Waals surface area contributed by atoms with Gasteiger partial charge in [-0.1, -0.05) is 66.2 Å². The fourth-order valence-corrected chi connectivity index (χ4v) is 4.00. The average Bonchev–Trinajstić information content (AvgIpc) is 2.82. The molecule has 1 unspecified atom stereocenters. The lowest BCUT2D eigenvalue weighted by Crippen LogP contribution is -2.55. The summed E-state index contributed by atoms with van der Waals surface area (Å²) in [5.74, 6) is 0.185. The standard InChI is InChI=1S/C30H35ClN2O3/c1-21-11-12-22(2)27(17-21)36-20-28(34)33(19-24-13-15-25(31)16-14-24)26(29(35)32-30(3,4)5)18-23-9-7-6-8-10-23/h6-17,26H,18-20H2,1-5H3,(H,32,35). The Labute approximate surface area is 219 Å². The Morgan fingerprint density at radius 3 is 2.25 bits per heavy atom. The maximum Gasteiger partial charge on any atom is 0.261 e. The van der Waals surface area contributed by atoms with E-state index in [1.807, 2.05) is 95.3 Å². The van der Waals surface area contributed by atoms with Gasteiger partial charge >= 0.3 is 0 Å². The Balaban J connectivity index is 1.94. The molecule has 0 spiro atoms. The van der Waals surface area contributed by atoms with E-state index < -0.39 is 11.6 Å². The highest BCUT2D eigenvalue weighted by molar-refractivity contribution is 6.30. The first kappa shape index (κ1) is 27.3. The van der Waals surface area contributed by atoms with E-state index in [0.717, 1.165) is 22.3 Å². The number of benzene rings is 3. The first-order chi connectivity index (χ1) is 17.0. The second-order valence-corrected chi connectivity index (χ2v) is 10.6. The highest BCUT2D eigenvalue weighted by Gasteiger charge is 2.32. The van der Waals surface area contributed by atoms with Crippen LogP contribution >= 0.6 is 11.6 Å². The van der Waals surface area contributed by atoms with Crippen LogP contribution < -0.4 is 10.1 Å². The number of halogens is 1. The van der Waals surface area contributed by atoms with Crippen molar-refractivity contribution in [1.82, 2.24) is 10.2 Å². The first-order valence-corrected chi connectivity index (χ1v) is 12.5. The third kappa shape index (κ3) is 8.13. The van der Waals surface area contributed by atoms with Crippen LogP contribution in [0.1, 0.15) is 43.0 Å². The van der Waals surface area contributed by atoms with Crippen molar-refractivity contribution in [3.8, 4) is 5.75 Å². The summed E-state index contributed by atoms with van der Waals surface area (Å²) < 4.78 is 5.95. The summed E-state index contributed by atoms with van der Waals surface area (Å²) in [5, 5.41) is 3.68. The van der Waals surface area contributed by atoms with E-state index in [1.165, 1.54) is 0 Å². The van der Waals surface area contributed by atoms with Gasteiger partial charge in [-0.2, -0.15) is 0 Å². The number of nitrogens with zero attached hydrogens (tertiary/aromatic N) is 1. The number of carbonyl (C=O) groups is 2. The van der Waals surface area contributed by atoms with E-state index in [9.17, 15) is 9.59 Å². The molecule has 3 aromatic carbocycles. The number of hydrogen-bond acceptors (Lipinski definition) is 3. The minimum absolute atomic E-state index is 0.175. The van der Waals surface area contributed by atoms with E-state index in [4.69, 9.17) is 16.3 Å². The van der Waals surface area contributed by atoms with Crippen molar-refractivity contribution < 1.29 is 14.3 Å². The lowest BCUT2D eigenvalue weighted by molar-refractivity contribution is -0.143. The fraction of sp³-hybridized carbons (Fsp3) is 0.333. The molecule has 190 valence electrons. The molecule has 1 N–H and O–H groups in total. The quantitative estimate of drug-likeness (QED) is 0.393. The topological polar surface area (TPSA) is 58.6 Å². The van der Waals surface area contributed by atoms with Crippen molar-refractivity contribution in [2.24, 2.45) is 0 Å². The van der Waals surface area contributed by atoms with Crippen LogP contribution in [0.25, 0.3) is 0 Å². The molecule has 0 aliphatic rings. The molecule has 0 bridgehead atoms. The van der Waals surface area contributed by atoms with Crippen LogP contribution in [0.4, 0.5) is 0 Å². The Morgan fingerprint density at radius 2 is 1.61 bits per heavy atom. The Bertz CT molecular complexity index is 1170. The third-order valence-electron chi connectivity index (χ3n) is 5.73. The zero-order chi connectivity index (χ0) is 26.3. The lowest BCUT2D eigenvalue weighted by Gasteiger charge is -2.33. The Hall–Kier alpha value is -3.31. The summed E-state index contributed by atoms with van der Waals surface area (Å²) in [5.41, 5.74) is 3.39. The SMILES string of the molecule is Cc1ccc(C)c(OCC(=O)N(Cc2ccc(Cl)cc2)C(Cc2ccccc2)C(=O)NC(C)(C)C)c1. The van der Waals surface area contributed by atoms with Gasteiger partial charge in [0, 0.05) is 23.5 Å². The van der Waals surface area contributed by atoms with Crippen molar-refractivity contribution in [2.45, 2.75) is 59.2 Å². The van der Waals surface area contributed by atoms with E-state index in [-0.39, 0.29) is 25.0 Å². The predicted molar refractivity (Wildman–Crippen MR) is 145 cm³/mol. The van der Waals surface area contributed by atoms with Crippen molar-refractivity contribution in [3.63, 3.8) is 0 Å². The number of aryl methyl sites for hydroxylation is 2. The highest BCUT2D eigenvalue weighted by Crippen LogP contribution is 2.21. The number of ether oxygens (including phenoxy) is 1. The van der Waals surface area contributed by atoms with Crippen LogP contribution in [-0.2, 0) is 22.6 Å². The summed E-state index contributed by atoms with van der Waals surface area (Å²) in [6, 6.07) is 22.2. The van der Waals surface area contributed by atoms with Gasteiger partial charge in [0.25, 0.3) is 5.91 Å². The zero-order valence-electron chi connectivity index (χ0n) is 21.7. The smallest absolute Gasteiger partial charge is 0.261 e. The fourth-order valence-electron chi connectivity index (χ4n) is 3.88. The van der Waals surface area contributed by atoms with Crippen LogP contribution in [0.15, 0.2) is 72.8 Å². The van der Waals surface area contributed by atoms with Crippen molar-refractivity contribution in [1.29, 1.82) is 0 Å². The second kappa shape index (κ2) is 12.1. The molecule has 6 heteroatoms. The molecular formula is C30H35ClN2O3. The maximum absolute atomic E-state index is 13.7. The van der Waals surface area contributed by atoms with Gasteiger partial charge in [-0.3, -0.25) is 9.59 Å². The van der Waals surface area contributed by atoms with Gasteiger partial charge in [-0.25, -0.2) is 0 Å². The monoisotopic (exact) mass is 506 g/mol. The van der Waals surface area contributed by atoms with Crippen molar-refractivity contribution >= 4 is 23.4 Å². The normalized spacial score (nSPS) is 12.1. The Morgan fingerprint density at radius 1 is 0.944 bits per heavy atom. The summed E-state index contributed by atoms with van der Waals surface area (Å²) in [4.78, 5) is 28.9. The first-order valence-electron chi connectivity index (χ1n) is 12.1. The maximum atomic E-state index is 13.7. The van der Waals surface area contributed by atoms with Crippen LogP contribution in [0.5, 0.6) is 5.75 Å². The molecular weight excluding hydrogens is 472 g/mol. The van der Waals surface area contributed by atoms with Gasteiger partial charge in [-0.15, -0.1) is 0 Å². The molecule has 0 heterocycles. The molecule has 3 aromatic rings. The van der Waals surface area contributed by atoms with Crippen LogP contribution in [0.3, 0.4) is 0 Å². The van der Waals surface area contributed by atoms with Gasteiger partial charge < -0.3 is 15.0 Å². The molecule has 0 aromatic heterocycles. The molecule has 3 rings (SSSR count). The third-order valence-corrected chi connectivity index (χ3v) is 5.98. The van der Waals surface area contributed by atoms with Crippen LogP contribution in [-0.4, -0.2) is 34.9 Å². The summed E-state index contributed by atoms with van der Waals surface area (Å²) in [6.07, 6.45) is 0.381. The molecule has 0 aliphatic carbocycles. The number of hydrogen-bond donors (Lipinski definition) is 1. The van der Waals surface area contributed by atoms with Gasteiger partial charge in [0.1, 0.15) is 11.8 Å². The molecule has 0 radical (unpaired) electrons. The molecule has 1 atom stereocenters. The van der Waals surface area contributed by atoms with Gasteiger partial charge in [0.15, 0.2) is 6.61 Å². The summed E-state index contributed by atoms with van der Waals surface area (Å²) >= 11 is 6.08. The van der Waals surface area contributed by atoms with E-state index in [0.29, 0.717) is 17.2 Å².